The van der Waals surface area contributed by atoms with Crippen molar-refractivity contribution in [3.63, 3.8) is 0 Å². The number of nitrogens with zero attached hydrogens (tertiary/aromatic N) is 1. The molecule has 1 aromatic carbocycles. The molecule has 0 bridgehead atoms. The van der Waals surface area contributed by atoms with E-state index in [1.807, 2.05) is 12.1 Å². The summed E-state index contributed by atoms with van der Waals surface area (Å²) < 4.78 is 13.4. The Balaban J connectivity index is 2.50. The largest absolute Gasteiger partial charge is 0.206 e. The minimum Gasteiger partial charge on any atom is -0.206 e. The van der Waals surface area contributed by atoms with Crippen molar-refractivity contribution in [3.05, 3.63) is 41.2 Å². The van der Waals surface area contributed by atoms with Crippen molar-refractivity contribution in [1.29, 1.82) is 5.26 Å². The summed E-state index contributed by atoms with van der Waals surface area (Å²) in [6.45, 7) is 2.18. The van der Waals surface area contributed by atoms with Crippen LogP contribution in [0, 0.1) is 17.1 Å². The molecular formula is C15H18FN. The lowest BCUT2D eigenvalue weighted by atomic mass is 10.1. The highest BCUT2D eigenvalue weighted by Gasteiger charge is 1.99. The molecule has 2 heteroatoms. The molecule has 0 amide bonds. The van der Waals surface area contributed by atoms with Gasteiger partial charge in [-0.1, -0.05) is 38.3 Å². The second-order valence-electron chi connectivity index (χ2n) is 4.10. The van der Waals surface area contributed by atoms with Gasteiger partial charge >= 0.3 is 0 Å². The van der Waals surface area contributed by atoms with E-state index in [0.717, 1.165) is 12.8 Å². The van der Waals surface area contributed by atoms with Gasteiger partial charge in [-0.05, 0) is 31.0 Å². The molecular weight excluding hydrogens is 213 g/mol. The van der Waals surface area contributed by atoms with E-state index in [-0.39, 0.29) is 5.82 Å². The molecule has 0 radical (unpaired) electrons. The average Bonchev–Trinajstić information content (AvgIpc) is 2.35. The molecule has 0 spiro atoms. The molecule has 0 fully saturated rings. The normalized spacial score (nSPS) is 10.6. The fraction of sp³-hybridized carbons (Fsp3) is 0.400. The van der Waals surface area contributed by atoms with E-state index in [1.165, 1.54) is 31.4 Å². The lowest BCUT2D eigenvalue weighted by Crippen LogP contribution is -1.84. The highest BCUT2D eigenvalue weighted by Crippen LogP contribution is 2.13. The number of nitriles is 1. The molecule has 17 heavy (non-hydrogen) atoms. The third-order valence-corrected chi connectivity index (χ3v) is 2.65. The summed E-state index contributed by atoms with van der Waals surface area (Å²) in [4.78, 5) is 0. The first-order chi connectivity index (χ1) is 8.27. The number of unbranched alkanes of at least 4 members (excludes halogenated alkanes) is 4. The van der Waals surface area contributed by atoms with Crippen LogP contribution in [0.5, 0.6) is 0 Å². The molecule has 0 saturated heterocycles. The van der Waals surface area contributed by atoms with E-state index in [4.69, 9.17) is 5.26 Å². The lowest BCUT2D eigenvalue weighted by molar-refractivity contribution is 0.624. The van der Waals surface area contributed by atoms with Gasteiger partial charge in [0, 0.05) is 5.56 Å². The Morgan fingerprint density at radius 3 is 2.82 bits per heavy atom. The van der Waals surface area contributed by atoms with E-state index in [1.54, 1.807) is 12.1 Å². The molecule has 0 saturated carbocycles. The van der Waals surface area contributed by atoms with Gasteiger partial charge in [-0.3, -0.25) is 0 Å². The standard InChI is InChI=1S/C15H18FN/c1-2-3-4-5-6-7-8-14-11-13(12-17)9-10-15(14)16/h7-11H,2-6H2,1H3/b8-7+. The van der Waals surface area contributed by atoms with Crippen LogP contribution in [-0.2, 0) is 0 Å². The SMILES string of the molecule is CCCCCC/C=C/c1cc(C#N)ccc1F. The molecule has 0 aromatic heterocycles. The number of benzene rings is 1. The predicted molar refractivity (Wildman–Crippen MR) is 68.9 cm³/mol. The minimum atomic E-state index is -0.270. The Hall–Kier alpha value is -1.62. The number of halogens is 1. The maximum Gasteiger partial charge on any atom is 0.130 e. The first-order valence-electron chi connectivity index (χ1n) is 6.14. The Morgan fingerprint density at radius 2 is 2.12 bits per heavy atom. The first kappa shape index (κ1) is 13.4. The zero-order valence-corrected chi connectivity index (χ0v) is 10.2. The van der Waals surface area contributed by atoms with E-state index < -0.39 is 0 Å². The van der Waals surface area contributed by atoms with Gasteiger partial charge in [0.2, 0.25) is 0 Å². The van der Waals surface area contributed by atoms with Crippen molar-refractivity contribution >= 4 is 6.08 Å². The maximum atomic E-state index is 13.4. The van der Waals surface area contributed by atoms with Crippen molar-refractivity contribution in [2.75, 3.05) is 0 Å². The smallest absolute Gasteiger partial charge is 0.130 e. The Bertz CT molecular complexity index is 415. The molecule has 1 aromatic rings. The average molecular weight is 231 g/mol. The zero-order chi connectivity index (χ0) is 12.5. The summed E-state index contributed by atoms with van der Waals surface area (Å²) in [6.07, 6.45) is 9.56. The van der Waals surface area contributed by atoms with Gasteiger partial charge < -0.3 is 0 Å². The van der Waals surface area contributed by atoms with E-state index >= 15 is 0 Å². The lowest BCUT2D eigenvalue weighted by Gasteiger charge is -1.98. The van der Waals surface area contributed by atoms with Crippen LogP contribution in [-0.4, -0.2) is 0 Å². The van der Waals surface area contributed by atoms with Gasteiger partial charge in [-0.2, -0.15) is 5.26 Å². The summed E-state index contributed by atoms with van der Waals surface area (Å²) in [7, 11) is 0. The van der Waals surface area contributed by atoms with E-state index in [0.29, 0.717) is 11.1 Å². The fourth-order valence-electron chi connectivity index (χ4n) is 1.64. The second kappa shape index (κ2) is 7.62. The van der Waals surface area contributed by atoms with E-state index in [2.05, 4.69) is 6.92 Å². The number of hydrogen-bond acceptors (Lipinski definition) is 1. The van der Waals surface area contributed by atoms with Gasteiger partial charge in [0.05, 0.1) is 11.6 Å². The first-order valence-corrected chi connectivity index (χ1v) is 6.14. The number of rotatable bonds is 6. The van der Waals surface area contributed by atoms with Gasteiger partial charge in [-0.15, -0.1) is 0 Å². The summed E-state index contributed by atoms with van der Waals surface area (Å²) in [5.41, 5.74) is 0.997. The van der Waals surface area contributed by atoms with Crippen LogP contribution >= 0.6 is 0 Å². The fourth-order valence-corrected chi connectivity index (χ4v) is 1.64. The molecule has 0 aliphatic carbocycles. The van der Waals surface area contributed by atoms with E-state index in [9.17, 15) is 4.39 Å². The van der Waals surface area contributed by atoms with Gasteiger partial charge in [-0.25, -0.2) is 4.39 Å². The van der Waals surface area contributed by atoms with Crippen LogP contribution in [0.25, 0.3) is 6.08 Å². The van der Waals surface area contributed by atoms with Crippen LogP contribution in [0.4, 0.5) is 4.39 Å². The minimum absolute atomic E-state index is 0.270. The Labute approximate surface area is 103 Å². The molecule has 0 aliphatic heterocycles. The van der Waals surface area contributed by atoms with Crippen LogP contribution < -0.4 is 0 Å². The zero-order valence-electron chi connectivity index (χ0n) is 10.2. The highest BCUT2D eigenvalue weighted by molar-refractivity contribution is 5.52. The second-order valence-corrected chi connectivity index (χ2v) is 4.10. The van der Waals surface area contributed by atoms with Crippen molar-refractivity contribution in [2.45, 2.75) is 39.0 Å². The summed E-state index contributed by atoms with van der Waals surface area (Å²) in [6, 6.07) is 6.43. The summed E-state index contributed by atoms with van der Waals surface area (Å²) in [5.74, 6) is -0.270. The van der Waals surface area contributed by atoms with Gasteiger partial charge in [0.15, 0.2) is 0 Å². The summed E-state index contributed by atoms with van der Waals surface area (Å²) in [5, 5.41) is 8.73. The number of allylic oxidation sites excluding steroid dienone is 1. The molecule has 0 N–H and O–H groups in total. The van der Waals surface area contributed by atoms with Gasteiger partial charge in [0.1, 0.15) is 5.82 Å². The topological polar surface area (TPSA) is 23.8 Å². The highest BCUT2D eigenvalue weighted by atomic mass is 19.1. The quantitative estimate of drug-likeness (QED) is 0.652. The number of hydrogen-bond donors (Lipinski definition) is 0. The molecule has 0 unspecified atom stereocenters. The predicted octanol–water partition coefficient (Wildman–Crippen LogP) is 4.68. The van der Waals surface area contributed by atoms with Crippen molar-refractivity contribution in [2.24, 2.45) is 0 Å². The maximum absolute atomic E-state index is 13.4. The van der Waals surface area contributed by atoms with Crippen molar-refractivity contribution < 1.29 is 4.39 Å². The van der Waals surface area contributed by atoms with Crippen molar-refractivity contribution in [3.8, 4) is 6.07 Å². The molecule has 0 heterocycles. The molecule has 0 aliphatic rings. The van der Waals surface area contributed by atoms with Crippen LogP contribution in [0.3, 0.4) is 0 Å². The summed E-state index contributed by atoms with van der Waals surface area (Å²) >= 11 is 0. The molecule has 1 rings (SSSR count). The Morgan fingerprint density at radius 1 is 1.29 bits per heavy atom. The van der Waals surface area contributed by atoms with Crippen molar-refractivity contribution in [1.82, 2.24) is 0 Å². The third kappa shape index (κ3) is 4.82. The molecule has 0 atom stereocenters. The van der Waals surface area contributed by atoms with Crippen LogP contribution in [0.15, 0.2) is 24.3 Å². The monoisotopic (exact) mass is 231 g/mol. The van der Waals surface area contributed by atoms with Crippen LogP contribution in [0.2, 0.25) is 0 Å². The third-order valence-electron chi connectivity index (χ3n) is 2.65. The molecule has 1 nitrogen and oxygen atoms in total. The van der Waals surface area contributed by atoms with Gasteiger partial charge in [0.25, 0.3) is 0 Å². The Kier molecular flexibility index (Phi) is 6.03. The van der Waals surface area contributed by atoms with Crippen LogP contribution in [0.1, 0.15) is 50.2 Å². The molecule has 90 valence electrons.